The van der Waals surface area contributed by atoms with Crippen LogP contribution in [0.1, 0.15) is 48.0 Å². The van der Waals surface area contributed by atoms with Gasteiger partial charge in [-0.25, -0.2) is 0 Å². The quantitative estimate of drug-likeness (QED) is 0.222. The summed E-state index contributed by atoms with van der Waals surface area (Å²) in [4.78, 5) is 31.6. The highest BCUT2D eigenvalue weighted by Crippen LogP contribution is 2.29. The fourth-order valence-electron chi connectivity index (χ4n) is 2.05. The van der Waals surface area contributed by atoms with Crippen molar-refractivity contribution in [3.8, 4) is 0 Å². The second kappa shape index (κ2) is 8.74. The second-order valence-corrected chi connectivity index (χ2v) is 5.49. The van der Waals surface area contributed by atoms with Crippen LogP contribution in [0.2, 0.25) is 5.02 Å². The van der Waals surface area contributed by atoms with Crippen LogP contribution < -0.4 is 0 Å². The maximum absolute atomic E-state index is 10.9. The Balaban J connectivity index is 2.57. The van der Waals surface area contributed by atoms with Crippen molar-refractivity contribution in [3.63, 3.8) is 0 Å². The highest BCUT2D eigenvalue weighted by molar-refractivity contribution is 6.63. The van der Waals surface area contributed by atoms with Crippen molar-refractivity contribution in [1.82, 2.24) is 0 Å². The SMILES string of the molecule is O=Cc1cc(CCCCCCC(=O)Cl)cc(Cl)c1[N+](=O)[O-]. The van der Waals surface area contributed by atoms with Crippen LogP contribution in [0.25, 0.3) is 0 Å². The summed E-state index contributed by atoms with van der Waals surface area (Å²) in [5.74, 6) is 0. The van der Waals surface area contributed by atoms with Gasteiger partial charge in [-0.05, 0) is 48.6 Å². The van der Waals surface area contributed by atoms with Crippen LogP contribution in [0.5, 0.6) is 0 Å². The molecule has 1 aromatic carbocycles. The standard InChI is InChI=1S/C14H15Cl2NO4/c15-12-8-10(5-3-1-2-4-6-13(16)19)7-11(9-18)14(12)17(20)21/h7-9H,1-6H2. The number of carbonyl (C=O) groups excluding carboxylic acids is 2. The van der Waals surface area contributed by atoms with Gasteiger partial charge in [-0.3, -0.25) is 19.7 Å². The fraction of sp³-hybridized carbons (Fsp3) is 0.429. The molecular formula is C14H15Cl2NO4. The number of aldehydes is 1. The van der Waals surface area contributed by atoms with Gasteiger partial charge in [0, 0.05) is 6.42 Å². The molecule has 0 aliphatic carbocycles. The van der Waals surface area contributed by atoms with Gasteiger partial charge in [0.05, 0.1) is 10.5 Å². The number of halogens is 2. The predicted octanol–water partition coefficient (Wildman–Crippen LogP) is 4.32. The van der Waals surface area contributed by atoms with Crippen LogP contribution in [0, 0.1) is 10.1 Å². The number of nitrogens with zero attached hydrogens (tertiary/aromatic N) is 1. The average Bonchev–Trinajstić information content (AvgIpc) is 2.41. The van der Waals surface area contributed by atoms with E-state index in [9.17, 15) is 19.7 Å². The lowest BCUT2D eigenvalue weighted by Crippen LogP contribution is -1.98. The zero-order valence-electron chi connectivity index (χ0n) is 11.3. The molecule has 0 spiro atoms. The number of benzene rings is 1. The van der Waals surface area contributed by atoms with Crippen molar-refractivity contribution in [3.05, 3.63) is 38.4 Å². The van der Waals surface area contributed by atoms with E-state index in [4.69, 9.17) is 23.2 Å². The molecule has 0 atom stereocenters. The van der Waals surface area contributed by atoms with Gasteiger partial charge < -0.3 is 0 Å². The molecule has 0 radical (unpaired) electrons. The first-order valence-electron chi connectivity index (χ1n) is 6.56. The summed E-state index contributed by atoms with van der Waals surface area (Å²) >= 11 is 11.1. The Morgan fingerprint density at radius 2 is 1.90 bits per heavy atom. The molecule has 0 aliphatic heterocycles. The van der Waals surface area contributed by atoms with E-state index in [1.807, 2.05) is 0 Å². The molecule has 0 aliphatic rings. The minimum absolute atomic E-state index is 0.00441. The van der Waals surface area contributed by atoms with E-state index in [0.29, 0.717) is 19.1 Å². The van der Waals surface area contributed by atoms with Crippen LogP contribution in [-0.2, 0) is 11.2 Å². The van der Waals surface area contributed by atoms with E-state index in [2.05, 4.69) is 0 Å². The third-order valence-electron chi connectivity index (χ3n) is 3.05. The molecule has 5 nitrogen and oxygen atoms in total. The first-order chi connectivity index (χ1) is 9.95. The third kappa shape index (κ3) is 5.81. The summed E-state index contributed by atoms with van der Waals surface area (Å²) in [6.07, 6.45) is 4.90. The van der Waals surface area contributed by atoms with Crippen molar-refractivity contribution in [2.24, 2.45) is 0 Å². The highest BCUT2D eigenvalue weighted by Gasteiger charge is 2.19. The number of aryl methyl sites for hydroxylation is 1. The molecule has 21 heavy (non-hydrogen) atoms. The zero-order valence-corrected chi connectivity index (χ0v) is 12.8. The normalized spacial score (nSPS) is 10.4. The lowest BCUT2D eigenvalue weighted by atomic mass is 10.0. The van der Waals surface area contributed by atoms with Gasteiger partial charge in [0.2, 0.25) is 5.24 Å². The van der Waals surface area contributed by atoms with E-state index in [-0.39, 0.29) is 21.5 Å². The highest BCUT2D eigenvalue weighted by atomic mass is 35.5. The van der Waals surface area contributed by atoms with Gasteiger partial charge in [0.15, 0.2) is 6.29 Å². The molecule has 0 saturated carbocycles. The maximum atomic E-state index is 10.9. The molecule has 0 saturated heterocycles. The van der Waals surface area contributed by atoms with Crippen LogP contribution in [0.3, 0.4) is 0 Å². The maximum Gasteiger partial charge on any atom is 0.298 e. The number of nitro groups is 1. The summed E-state index contributed by atoms with van der Waals surface area (Å²) in [6, 6.07) is 3.02. The number of carbonyl (C=O) groups is 2. The Kier molecular flexibility index (Phi) is 7.32. The Morgan fingerprint density at radius 1 is 1.24 bits per heavy atom. The van der Waals surface area contributed by atoms with Crippen molar-refractivity contribution in [2.75, 3.05) is 0 Å². The number of nitro benzene ring substituents is 1. The molecule has 7 heteroatoms. The second-order valence-electron chi connectivity index (χ2n) is 4.66. The average molecular weight is 332 g/mol. The zero-order chi connectivity index (χ0) is 15.8. The Labute approximate surface area is 132 Å². The number of hydrogen-bond donors (Lipinski definition) is 0. The van der Waals surface area contributed by atoms with E-state index < -0.39 is 4.92 Å². The smallest absolute Gasteiger partial charge is 0.298 e. The Morgan fingerprint density at radius 3 is 2.48 bits per heavy atom. The molecule has 0 heterocycles. The van der Waals surface area contributed by atoms with E-state index in [1.54, 1.807) is 0 Å². The lowest BCUT2D eigenvalue weighted by molar-refractivity contribution is -0.384. The lowest BCUT2D eigenvalue weighted by Gasteiger charge is -2.05. The van der Waals surface area contributed by atoms with Gasteiger partial charge in [-0.15, -0.1) is 0 Å². The molecule has 0 bridgehead atoms. The number of unbranched alkanes of at least 4 members (excludes halogenated alkanes) is 3. The Bertz CT molecular complexity index is 546. The van der Waals surface area contributed by atoms with Crippen molar-refractivity contribution in [1.29, 1.82) is 0 Å². The topological polar surface area (TPSA) is 77.3 Å². The summed E-state index contributed by atoms with van der Waals surface area (Å²) in [5, 5.41) is 10.5. The monoisotopic (exact) mass is 331 g/mol. The van der Waals surface area contributed by atoms with Gasteiger partial charge >= 0.3 is 0 Å². The Hall–Kier alpha value is -1.46. The largest absolute Gasteiger partial charge is 0.298 e. The molecule has 114 valence electrons. The third-order valence-corrected chi connectivity index (χ3v) is 3.53. The van der Waals surface area contributed by atoms with Crippen molar-refractivity contribution < 1.29 is 14.5 Å². The minimum atomic E-state index is -0.654. The molecule has 0 fully saturated rings. The molecule has 0 amide bonds. The van der Waals surface area contributed by atoms with Crippen molar-refractivity contribution in [2.45, 2.75) is 38.5 Å². The first kappa shape index (κ1) is 17.6. The summed E-state index contributed by atoms with van der Waals surface area (Å²) < 4.78 is 0. The van der Waals surface area contributed by atoms with Gasteiger partial charge in [-0.2, -0.15) is 0 Å². The number of rotatable bonds is 9. The van der Waals surface area contributed by atoms with Crippen LogP contribution in [0.15, 0.2) is 12.1 Å². The van der Waals surface area contributed by atoms with Gasteiger partial charge in [0.25, 0.3) is 5.69 Å². The molecular weight excluding hydrogens is 317 g/mol. The van der Waals surface area contributed by atoms with Crippen LogP contribution in [0.4, 0.5) is 5.69 Å². The van der Waals surface area contributed by atoms with E-state index in [1.165, 1.54) is 12.1 Å². The molecule has 1 aromatic rings. The van der Waals surface area contributed by atoms with E-state index in [0.717, 1.165) is 31.2 Å². The number of hydrogen-bond acceptors (Lipinski definition) is 4. The summed E-state index contributed by atoms with van der Waals surface area (Å²) in [7, 11) is 0. The molecule has 0 N–H and O–H groups in total. The first-order valence-corrected chi connectivity index (χ1v) is 7.31. The fourth-order valence-corrected chi connectivity index (χ4v) is 2.50. The van der Waals surface area contributed by atoms with Crippen molar-refractivity contribution >= 4 is 40.4 Å². The summed E-state index contributed by atoms with van der Waals surface area (Å²) in [5.41, 5.74) is 0.437. The molecule has 0 unspecified atom stereocenters. The summed E-state index contributed by atoms with van der Waals surface area (Å²) in [6.45, 7) is 0. The molecule has 0 aromatic heterocycles. The minimum Gasteiger partial charge on any atom is -0.298 e. The van der Waals surface area contributed by atoms with Crippen LogP contribution in [-0.4, -0.2) is 16.5 Å². The predicted molar refractivity (Wildman–Crippen MR) is 81.1 cm³/mol. The van der Waals surface area contributed by atoms with Gasteiger partial charge in [-0.1, -0.05) is 24.4 Å². The molecule has 1 rings (SSSR count). The van der Waals surface area contributed by atoms with Crippen LogP contribution >= 0.6 is 23.2 Å². The van der Waals surface area contributed by atoms with Gasteiger partial charge in [0.1, 0.15) is 5.02 Å². The van der Waals surface area contributed by atoms with E-state index >= 15 is 0 Å².